The molecule has 0 atom stereocenters. The molecule has 0 bridgehead atoms. The zero-order valence-corrected chi connectivity index (χ0v) is 56.3. The van der Waals surface area contributed by atoms with E-state index in [1.54, 1.807) is 0 Å². The average molecular weight is 1440 g/mol. The number of aliphatic hydroxyl groups is 5. The van der Waals surface area contributed by atoms with Crippen molar-refractivity contribution < 1.29 is 54.9 Å². The molecule has 0 radical (unpaired) electrons. The standard InChI is InChI=1S/C7H16N2.C7H12N2.2C7H13NO2.2C7H15NO.C7H11NO.C7H15N.C7H12O3.C6H10O.10CH4/c2*8-6-7(9)4-2-1-3-5-7;8-7(6(9)10)4-2-1-3-5-7;8-6(9)7(10)4-2-1-3-5-7;8-7(6-9)4-2-1-3-5-7;2*8-6-7(9)4-2-1-3-5-7;1-7(8)5-3-2-4-6-7;8-6(9)7(10)4-2-1-3-5-7;7-6-4-2-1-3-5-6;;;;;;;;;;/h1-6,8-9H2;1-5,9H2;1-5,8H2,(H,9,10);10H,1-5H2,(H2,8,9);2*9H,1-6,8H2;9H,1-5H2;2-6,8H2,1H3;10H,1-5H2,(H,8,9);1-5H2;10*1H4. The summed E-state index contributed by atoms with van der Waals surface area (Å²) < 4.78 is 0. The van der Waals surface area contributed by atoms with Gasteiger partial charge in [0.25, 0.3) is 0 Å². The van der Waals surface area contributed by atoms with Crippen LogP contribution in [0.15, 0.2) is 0 Å². The number of aliphatic hydroxyl groups excluding tert-OH is 1. The third-order valence-electron chi connectivity index (χ3n) is 20.2. The molecule has 100 heavy (non-hydrogen) atoms. The Kier molecular flexibility index (Phi) is 72.8. The molecule has 0 aromatic rings. The monoisotopic (exact) mass is 1440 g/mol. The number of nitrogens with zero attached hydrogens (tertiary/aromatic N) is 2. The molecule has 0 spiro atoms. The number of carboxylic acid groups (broad SMARTS) is 2. The zero-order chi connectivity index (χ0) is 67.7. The van der Waals surface area contributed by atoms with Crippen LogP contribution >= 0.6 is 0 Å². The minimum atomic E-state index is -1.40. The van der Waals surface area contributed by atoms with Crippen LogP contribution in [0.5, 0.6) is 0 Å². The smallest absolute Gasteiger partial charge is 0.335 e. The number of carbonyl (C=O) groups excluding carboxylic acids is 2. The maximum absolute atomic E-state index is 10.6. The molecule has 10 saturated carbocycles. The minimum absolute atomic E-state index is 0. The summed E-state index contributed by atoms with van der Waals surface area (Å²) in [6.07, 6.45) is 50.7. The first kappa shape index (κ1) is 118. The topological polar surface area (TPSA) is 466 Å². The Bertz CT molecular complexity index is 1850. The third-order valence-corrected chi connectivity index (χ3v) is 20.2. The van der Waals surface area contributed by atoms with Gasteiger partial charge in [0.05, 0.1) is 24.3 Å². The molecule has 21 nitrogen and oxygen atoms in total. The zero-order valence-electron chi connectivity index (χ0n) is 56.3. The number of ketones is 1. The van der Waals surface area contributed by atoms with Crippen LogP contribution in [0, 0.1) is 22.7 Å². The molecule has 10 aliphatic rings. The second-order valence-corrected chi connectivity index (χ2v) is 28.9. The highest BCUT2D eigenvalue weighted by molar-refractivity contribution is 5.83. The molecule has 21 heteroatoms. The molecule has 0 heterocycles. The Morgan fingerprint density at radius 2 is 0.670 bits per heavy atom. The molecule has 0 aromatic heterocycles. The van der Waals surface area contributed by atoms with Crippen LogP contribution in [0.1, 0.15) is 402 Å². The number of primary amides is 1. The molecule has 10 rings (SSSR count). The van der Waals surface area contributed by atoms with Gasteiger partial charge in [0.15, 0.2) is 11.2 Å². The molecule has 0 saturated heterocycles. The molecule has 0 aliphatic heterocycles. The van der Waals surface area contributed by atoms with Gasteiger partial charge in [-0.1, -0.05) is 228 Å². The van der Waals surface area contributed by atoms with Crippen LogP contribution in [-0.2, 0) is 19.2 Å². The Labute approximate surface area is 616 Å². The fourth-order valence-corrected chi connectivity index (χ4v) is 13.3. The van der Waals surface area contributed by atoms with Gasteiger partial charge in [0, 0.05) is 42.5 Å². The number of nitriles is 2. The third kappa shape index (κ3) is 50.9. The number of hydrogen-bond donors (Lipinski definition) is 15. The van der Waals surface area contributed by atoms with Crippen molar-refractivity contribution >= 4 is 23.6 Å². The van der Waals surface area contributed by atoms with Crippen molar-refractivity contribution in [3.8, 4) is 12.1 Å². The molecule has 23 N–H and O–H groups in total. The number of carboxylic acids is 2. The number of aliphatic carboxylic acids is 2. The van der Waals surface area contributed by atoms with Crippen LogP contribution in [0.3, 0.4) is 0 Å². The quantitative estimate of drug-likeness (QED) is 0.110. The van der Waals surface area contributed by atoms with Crippen molar-refractivity contribution in [1.29, 1.82) is 10.5 Å². The average Bonchev–Trinajstić information content (AvgIpc) is 0.879. The van der Waals surface area contributed by atoms with Crippen LogP contribution in [-0.4, -0.2) is 129 Å². The van der Waals surface area contributed by atoms with E-state index in [2.05, 4.69) is 13.0 Å². The van der Waals surface area contributed by atoms with E-state index in [-0.39, 0.29) is 97.5 Å². The van der Waals surface area contributed by atoms with Gasteiger partial charge in [-0.2, -0.15) is 10.5 Å². The lowest BCUT2D eigenvalue weighted by molar-refractivity contribution is -0.161. The lowest BCUT2D eigenvalue weighted by Crippen LogP contribution is -2.49. The first-order valence-corrected chi connectivity index (χ1v) is 35.4. The van der Waals surface area contributed by atoms with Gasteiger partial charge in [0.2, 0.25) is 5.91 Å². The maximum atomic E-state index is 10.6. The van der Waals surface area contributed by atoms with Crippen LogP contribution in [0.4, 0.5) is 0 Å². The summed E-state index contributed by atoms with van der Waals surface area (Å²) in [6, 6.07) is 4.09. The van der Waals surface area contributed by atoms with Crippen LogP contribution < -0.4 is 45.9 Å². The number of Topliss-reactive ketones (excluding diaryl/α,β-unsaturated/α-hetero) is 1. The summed E-state index contributed by atoms with van der Waals surface area (Å²) in [5.74, 6) is -2.00. The van der Waals surface area contributed by atoms with E-state index in [0.717, 1.165) is 173 Å². The van der Waals surface area contributed by atoms with Crippen LogP contribution in [0.25, 0.3) is 0 Å². The van der Waals surface area contributed by atoms with Crippen molar-refractivity contribution in [2.45, 2.75) is 452 Å². The van der Waals surface area contributed by atoms with E-state index in [0.29, 0.717) is 70.2 Å². The summed E-state index contributed by atoms with van der Waals surface area (Å²) in [6.45, 7) is 3.42. The summed E-state index contributed by atoms with van der Waals surface area (Å²) >= 11 is 0. The Balaban J connectivity index is -0.000000111. The highest BCUT2D eigenvalue weighted by Crippen LogP contribution is 2.32. The molecular formula is C79H172N10O11. The molecule has 0 unspecified atom stereocenters. The van der Waals surface area contributed by atoms with Gasteiger partial charge in [-0.3, -0.25) is 14.4 Å². The molecule has 604 valence electrons. The summed E-state index contributed by atoms with van der Waals surface area (Å²) in [5, 5.41) is 80.8. The van der Waals surface area contributed by atoms with Gasteiger partial charge in [-0.15, -0.1) is 0 Å². The van der Waals surface area contributed by atoms with Crippen molar-refractivity contribution in [3.05, 3.63) is 0 Å². The lowest BCUT2D eigenvalue weighted by atomic mass is 9.83. The largest absolute Gasteiger partial charge is 0.480 e. The molecular weight excluding hydrogens is 1260 g/mol. The number of rotatable bonds is 6. The fourth-order valence-electron chi connectivity index (χ4n) is 13.3. The van der Waals surface area contributed by atoms with Crippen molar-refractivity contribution in [1.82, 2.24) is 0 Å². The molecule has 10 aliphatic carbocycles. The molecule has 0 aromatic carbocycles. The van der Waals surface area contributed by atoms with E-state index < -0.39 is 51.3 Å². The predicted octanol–water partition coefficient (Wildman–Crippen LogP) is 15.5. The van der Waals surface area contributed by atoms with Crippen molar-refractivity contribution in [3.63, 3.8) is 0 Å². The van der Waals surface area contributed by atoms with E-state index in [1.165, 1.54) is 96.3 Å². The number of hydrogen-bond acceptors (Lipinski definition) is 18. The molecule has 1 amide bonds. The van der Waals surface area contributed by atoms with Crippen molar-refractivity contribution in [2.75, 3.05) is 19.7 Å². The van der Waals surface area contributed by atoms with E-state index in [9.17, 15) is 39.6 Å². The predicted molar refractivity (Wildman–Crippen MR) is 424 cm³/mol. The van der Waals surface area contributed by atoms with E-state index >= 15 is 0 Å². The second kappa shape index (κ2) is 61.8. The summed E-state index contributed by atoms with van der Waals surface area (Å²) in [4.78, 5) is 42.1. The normalized spacial score (nSPS) is 22.5. The summed E-state index contributed by atoms with van der Waals surface area (Å²) in [7, 11) is 0. The van der Waals surface area contributed by atoms with Gasteiger partial charge in [-0.05, 0) is 161 Å². The van der Waals surface area contributed by atoms with Gasteiger partial charge < -0.3 is 81.6 Å². The maximum Gasteiger partial charge on any atom is 0.335 e. The Hall–Kier alpha value is -3.42. The van der Waals surface area contributed by atoms with E-state index in [1.807, 2.05) is 6.07 Å². The second-order valence-electron chi connectivity index (χ2n) is 28.9. The Morgan fingerprint density at radius 1 is 0.380 bits per heavy atom. The highest BCUT2D eigenvalue weighted by atomic mass is 16.4. The van der Waals surface area contributed by atoms with E-state index in [4.69, 9.17) is 71.7 Å². The van der Waals surface area contributed by atoms with Crippen LogP contribution in [0.2, 0.25) is 0 Å². The van der Waals surface area contributed by atoms with Gasteiger partial charge >= 0.3 is 11.9 Å². The number of nitrogens with two attached hydrogens (primary N) is 8. The van der Waals surface area contributed by atoms with Gasteiger partial charge in [-0.25, -0.2) is 4.79 Å². The fraction of sp³-hybridized carbons (Fsp3) is 0.924. The first-order chi connectivity index (χ1) is 42.4. The lowest BCUT2D eigenvalue weighted by Gasteiger charge is -2.31. The Morgan fingerprint density at radius 3 is 0.850 bits per heavy atom. The minimum Gasteiger partial charge on any atom is -0.480 e. The van der Waals surface area contributed by atoms with Crippen molar-refractivity contribution in [2.24, 2.45) is 45.9 Å². The summed E-state index contributed by atoms with van der Waals surface area (Å²) in [5.41, 5.74) is 39.3. The number of amides is 1. The van der Waals surface area contributed by atoms with Gasteiger partial charge in [0.1, 0.15) is 22.5 Å². The highest BCUT2D eigenvalue weighted by Gasteiger charge is 2.38. The first-order valence-electron chi connectivity index (χ1n) is 35.4. The number of carbonyl (C=O) groups is 4. The molecule has 10 fully saturated rings. The SMILES string of the molecule is C.C.C.C.C.C.C.C.C.C.CC1(N)CCCCC1.N#CC1(N)CCCCC1.N#CC1(O)CCCCC1.NC(=O)C1(O)CCCCC1.NC1(C(=O)O)CCCCC1.NC1(CO)CCCCC1.NCC1(N)CCCCC1.NCC1(O)CCCCC1.O=C(O)C1(O)CCCCC1.O=C1CCCCC1.